The van der Waals surface area contributed by atoms with Crippen LogP contribution in [-0.4, -0.2) is 15.8 Å². The van der Waals surface area contributed by atoms with E-state index >= 15 is 0 Å². The van der Waals surface area contributed by atoms with E-state index in [1.54, 1.807) is 5.38 Å². The molecule has 0 spiro atoms. The highest BCUT2D eigenvalue weighted by molar-refractivity contribution is 7.14. The van der Waals surface area contributed by atoms with E-state index in [4.69, 9.17) is 4.74 Å². The Balaban J connectivity index is 1.64. The quantitative estimate of drug-likeness (QED) is 0.543. The molecule has 1 N–H and O–H groups in total. The number of nitrogens with zero attached hydrogens (tertiary/aromatic N) is 2. The van der Waals surface area contributed by atoms with Crippen molar-refractivity contribution in [3.05, 3.63) is 75.4 Å². The lowest BCUT2D eigenvalue weighted by Crippen LogP contribution is -2.11. The number of thiazole rings is 1. The molecular weight excluding hydrogens is 349 g/mol. The van der Waals surface area contributed by atoms with E-state index in [-0.39, 0.29) is 11.6 Å². The average Bonchev–Trinajstić information content (AvgIpc) is 3.02. The Bertz CT molecular complexity index is 910. The minimum atomic E-state index is -0.504. The maximum absolute atomic E-state index is 12.9. The maximum Gasteiger partial charge on any atom is 0.269 e. The number of non-ortho nitro benzene ring substituents is 1. The smallest absolute Gasteiger partial charge is 0.269 e. The van der Waals surface area contributed by atoms with Crippen molar-refractivity contribution >= 4 is 28.1 Å². The van der Waals surface area contributed by atoms with Crippen molar-refractivity contribution in [3.8, 4) is 11.6 Å². The van der Waals surface area contributed by atoms with Gasteiger partial charge in [-0.2, -0.15) is 4.98 Å². The summed E-state index contributed by atoms with van der Waals surface area (Å²) in [7, 11) is 0. The summed E-state index contributed by atoms with van der Waals surface area (Å²) >= 11 is 1.15. The van der Waals surface area contributed by atoms with E-state index in [0.717, 1.165) is 11.3 Å². The number of carbonyl (C=O) groups excluding carboxylic acids is 1. The van der Waals surface area contributed by atoms with Gasteiger partial charge in [0.15, 0.2) is 5.13 Å². The van der Waals surface area contributed by atoms with Gasteiger partial charge < -0.3 is 4.74 Å². The van der Waals surface area contributed by atoms with Crippen LogP contribution in [0.25, 0.3) is 0 Å². The van der Waals surface area contributed by atoms with E-state index < -0.39 is 16.6 Å². The van der Waals surface area contributed by atoms with Gasteiger partial charge in [-0.25, -0.2) is 4.39 Å². The van der Waals surface area contributed by atoms with Crippen LogP contribution in [0.5, 0.6) is 11.6 Å². The number of amides is 1. The molecule has 0 saturated carbocycles. The molecule has 126 valence electrons. The zero-order chi connectivity index (χ0) is 17.8. The number of hydrogen-bond acceptors (Lipinski definition) is 6. The van der Waals surface area contributed by atoms with Gasteiger partial charge in [-0.1, -0.05) is 0 Å². The topological polar surface area (TPSA) is 94.4 Å². The predicted octanol–water partition coefficient (Wildman–Crippen LogP) is 4.24. The van der Waals surface area contributed by atoms with Crippen LogP contribution in [0.4, 0.5) is 15.2 Å². The molecule has 1 aromatic heterocycles. The first-order valence-electron chi connectivity index (χ1n) is 6.96. The Hall–Kier alpha value is -3.33. The van der Waals surface area contributed by atoms with Gasteiger partial charge in [-0.05, 0) is 36.4 Å². The second-order valence-electron chi connectivity index (χ2n) is 4.80. The average molecular weight is 359 g/mol. The van der Waals surface area contributed by atoms with Crippen molar-refractivity contribution in [2.24, 2.45) is 0 Å². The van der Waals surface area contributed by atoms with Crippen LogP contribution in [0.15, 0.2) is 53.9 Å². The Morgan fingerprint density at radius 3 is 2.48 bits per heavy atom. The number of anilines is 1. The summed E-state index contributed by atoms with van der Waals surface area (Å²) in [6.07, 6.45) is 0. The Kier molecular flexibility index (Phi) is 4.66. The Morgan fingerprint density at radius 2 is 1.84 bits per heavy atom. The number of carbonyl (C=O) groups is 1. The fourth-order valence-electron chi connectivity index (χ4n) is 1.89. The van der Waals surface area contributed by atoms with Gasteiger partial charge in [0, 0.05) is 17.7 Å². The molecule has 3 aromatic rings. The number of aromatic nitrogens is 1. The van der Waals surface area contributed by atoms with Gasteiger partial charge in [-0.15, -0.1) is 11.3 Å². The molecule has 2 aromatic carbocycles. The van der Waals surface area contributed by atoms with Crippen LogP contribution in [0.3, 0.4) is 0 Å². The van der Waals surface area contributed by atoms with Gasteiger partial charge >= 0.3 is 0 Å². The largest absolute Gasteiger partial charge is 0.438 e. The number of hydrogen-bond donors (Lipinski definition) is 1. The molecule has 0 radical (unpaired) electrons. The van der Waals surface area contributed by atoms with Crippen LogP contribution >= 0.6 is 11.3 Å². The van der Waals surface area contributed by atoms with E-state index in [9.17, 15) is 19.3 Å². The molecule has 0 aliphatic carbocycles. The third-order valence-corrected chi connectivity index (χ3v) is 3.82. The molecule has 0 aliphatic rings. The molecule has 0 saturated heterocycles. The summed E-state index contributed by atoms with van der Waals surface area (Å²) in [6.45, 7) is 0. The number of halogens is 1. The molecule has 0 unspecified atom stereocenters. The normalized spacial score (nSPS) is 10.3. The summed E-state index contributed by atoms with van der Waals surface area (Å²) in [5.41, 5.74) is 0.257. The van der Waals surface area contributed by atoms with Crippen molar-refractivity contribution in [2.75, 3.05) is 5.32 Å². The standard InChI is InChI=1S/C16H10FN3O4S/c17-11-3-1-10(2-4-11)15(21)19-16-18-14(9-25-16)24-13-7-5-12(6-8-13)20(22)23/h1-9H,(H,18,19,21). The van der Waals surface area contributed by atoms with Crippen LogP contribution in [0.2, 0.25) is 0 Å². The van der Waals surface area contributed by atoms with Gasteiger partial charge in [-0.3, -0.25) is 20.2 Å². The number of rotatable bonds is 5. The zero-order valence-corrected chi connectivity index (χ0v) is 13.3. The molecule has 0 fully saturated rings. The monoisotopic (exact) mass is 359 g/mol. The number of nitro benzene ring substituents is 1. The number of nitrogens with one attached hydrogen (secondary N) is 1. The Labute approximate surface area is 144 Å². The minimum absolute atomic E-state index is 0.0436. The first kappa shape index (κ1) is 16.5. The first-order valence-corrected chi connectivity index (χ1v) is 7.84. The molecule has 25 heavy (non-hydrogen) atoms. The van der Waals surface area contributed by atoms with E-state index in [2.05, 4.69) is 10.3 Å². The highest BCUT2D eigenvalue weighted by Crippen LogP contribution is 2.27. The van der Waals surface area contributed by atoms with Crippen LogP contribution in [-0.2, 0) is 0 Å². The van der Waals surface area contributed by atoms with E-state index in [1.165, 1.54) is 48.5 Å². The van der Waals surface area contributed by atoms with Gasteiger partial charge in [0.05, 0.1) is 10.3 Å². The predicted molar refractivity (Wildman–Crippen MR) is 89.6 cm³/mol. The molecule has 0 aliphatic heterocycles. The number of nitro groups is 1. The Morgan fingerprint density at radius 1 is 1.16 bits per heavy atom. The highest BCUT2D eigenvalue weighted by Gasteiger charge is 2.11. The second-order valence-corrected chi connectivity index (χ2v) is 5.66. The van der Waals surface area contributed by atoms with Crippen molar-refractivity contribution in [3.63, 3.8) is 0 Å². The molecule has 0 bridgehead atoms. The van der Waals surface area contributed by atoms with Gasteiger partial charge in [0.25, 0.3) is 11.6 Å². The zero-order valence-electron chi connectivity index (χ0n) is 12.5. The lowest BCUT2D eigenvalue weighted by atomic mass is 10.2. The number of benzene rings is 2. The van der Waals surface area contributed by atoms with Gasteiger partial charge in [0.1, 0.15) is 11.6 Å². The van der Waals surface area contributed by atoms with Crippen LogP contribution in [0, 0.1) is 15.9 Å². The van der Waals surface area contributed by atoms with Gasteiger partial charge in [0.2, 0.25) is 5.88 Å². The highest BCUT2D eigenvalue weighted by atomic mass is 32.1. The SMILES string of the molecule is O=C(Nc1nc(Oc2ccc([N+](=O)[O-])cc2)cs1)c1ccc(F)cc1. The molecule has 3 rings (SSSR count). The van der Waals surface area contributed by atoms with Crippen molar-refractivity contribution in [2.45, 2.75) is 0 Å². The molecule has 9 heteroatoms. The first-order chi connectivity index (χ1) is 12.0. The fraction of sp³-hybridized carbons (Fsp3) is 0. The summed E-state index contributed by atoms with van der Waals surface area (Å²) in [4.78, 5) is 26.2. The second kappa shape index (κ2) is 7.05. The molecule has 0 atom stereocenters. The fourth-order valence-corrected chi connectivity index (χ4v) is 2.50. The summed E-state index contributed by atoms with van der Waals surface area (Å²) in [6, 6.07) is 10.7. The summed E-state index contributed by atoms with van der Waals surface area (Å²) in [5.74, 6) is -0.221. The lowest BCUT2D eigenvalue weighted by Gasteiger charge is -2.02. The van der Waals surface area contributed by atoms with E-state index in [0.29, 0.717) is 16.4 Å². The summed E-state index contributed by atoms with van der Waals surface area (Å²) in [5, 5.41) is 15.1. The van der Waals surface area contributed by atoms with Crippen molar-refractivity contribution in [1.29, 1.82) is 0 Å². The third-order valence-electron chi connectivity index (χ3n) is 3.08. The van der Waals surface area contributed by atoms with Crippen molar-refractivity contribution in [1.82, 2.24) is 4.98 Å². The number of ether oxygens (including phenoxy) is 1. The molecule has 1 amide bonds. The maximum atomic E-state index is 12.9. The van der Waals surface area contributed by atoms with E-state index in [1.807, 2.05) is 0 Å². The van der Waals surface area contributed by atoms with Crippen LogP contribution < -0.4 is 10.1 Å². The molecule has 7 nitrogen and oxygen atoms in total. The summed E-state index contributed by atoms with van der Waals surface area (Å²) < 4.78 is 18.3. The lowest BCUT2D eigenvalue weighted by molar-refractivity contribution is -0.384. The molecular formula is C16H10FN3O4S. The third kappa shape index (κ3) is 4.15. The minimum Gasteiger partial charge on any atom is -0.438 e. The van der Waals surface area contributed by atoms with Crippen LogP contribution in [0.1, 0.15) is 10.4 Å². The van der Waals surface area contributed by atoms with Crippen molar-refractivity contribution < 1.29 is 18.8 Å². The molecule has 1 heterocycles.